The maximum Gasteiger partial charge on any atom is 0.319 e. The van der Waals surface area contributed by atoms with E-state index in [2.05, 4.69) is 0 Å². The minimum Gasteiger partial charge on any atom is -0.381 e. The minimum atomic E-state index is -0.0644. The molecular weight excluding hydrogens is 268 g/mol. The molecule has 21 heavy (non-hydrogen) atoms. The maximum absolute atomic E-state index is 11.9. The number of hydrogen-bond acceptors (Lipinski definition) is 3. The van der Waals surface area contributed by atoms with E-state index in [-0.39, 0.29) is 11.6 Å². The van der Waals surface area contributed by atoms with Crippen molar-refractivity contribution in [2.45, 2.75) is 37.7 Å². The lowest BCUT2D eigenvalue weighted by atomic mass is 9.79. The first kappa shape index (κ1) is 15.1. The third-order valence-corrected chi connectivity index (χ3v) is 4.93. The molecule has 1 atom stereocenters. The van der Waals surface area contributed by atoms with Gasteiger partial charge in [0.05, 0.1) is 13.1 Å². The molecule has 5 nitrogen and oxygen atoms in total. The van der Waals surface area contributed by atoms with Crippen LogP contribution in [0.5, 0.6) is 0 Å². The number of hydrogen-bond donors (Lipinski definition) is 0. The molecule has 0 bridgehead atoms. The van der Waals surface area contributed by atoms with Crippen LogP contribution in [0.1, 0.15) is 32.1 Å². The van der Waals surface area contributed by atoms with Crippen LogP contribution in [-0.4, -0.2) is 68.4 Å². The summed E-state index contributed by atoms with van der Waals surface area (Å²) in [5, 5.41) is 0. The molecule has 1 spiro atoms. The van der Waals surface area contributed by atoms with Crippen molar-refractivity contribution in [3.05, 3.63) is 0 Å². The number of carbonyl (C=O) groups excluding carboxylic acids is 1. The number of carbonyl (C=O) groups is 1. The molecule has 2 amide bonds. The number of nitrogens with zero attached hydrogens (tertiary/aromatic N) is 2. The molecule has 3 rings (SSSR count). The van der Waals surface area contributed by atoms with Crippen molar-refractivity contribution in [1.29, 1.82) is 0 Å². The first-order valence-corrected chi connectivity index (χ1v) is 8.26. The Kier molecular flexibility index (Phi) is 4.41. The summed E-state index contributed by atoms with van der Waals surface area (Å²) in [5.74, 6) is 1.54. The summed E-state index contributed by atoms with van der Waals surface area (Å²) >= 11 is 0. The van der Waals surface area contributed by atoms with Gasteiger partial charge in [0.15, 0.2) is 0 Å². The highest BCUT2D eigenvalue weighted by Gasteiger charge is 2.49. The van der Waals surface area contributed by atoms with E-state index in [4.69, 9.17) is 9.47 Å². The summed E-state index contributed by atoms with van der Waals surface area (Å²) in [5.41, 5.74) is -0.0644. The quantitative estimate of drug-likeness (QED) is 0.728. The fourth-order valence-corrected chi connectivity index (χ4v) is 3.45. The van der Waals surface area contributed by atoms with E-state index in [1.54, 1.807) is 19.0 Å². The minimum absolute atomic E-state index is 0.0644. The zero-order valence-electron chi connectivity index (χ0n) is 13.3. The van der Waals surface area contributed by atoms with Crippen LogP contribution in [0.4, 0.5) is 4.79 Å². The van der Waals surface area contributed by atoms with Crippen LogP contribution in [0.3, 0.4) is 0 Å². The van der Waals surface area contributed by atoms with E-state index in [9.17, 15) is 4.79 Å². The second-order valence-electron chi connectivity index (χ2n) is 7.23. The Morgan fingerprint density at radius 3 is 2.71 bits per heavy atom. The molecule has 120 valence electrons. The van der Waals surface area contributed by atoms with Crippen LogP contribution in [0.25, 0.3) is 0 Å². The Morgan fingerprint density at radius 1 is 1.29 bits per heavy atom. The van der Waals surface area contributed by atoms with Crippen LogP contribution in [-0.2, 0) is 9.47 Å². The molecule has 1 aliphatic carbocycles. The lowest BCUT2D eigenvalue weighted by Gasteiger charge is -2.53. The van der Waals surface area contributed by atoms with Gasteiger partial charge in [0.2, 0.25) is 0 Å². The Balaban J connectivity index is 1.38. The molecule has 2 aliphatic heterocycles. The zero-order valence-corrected chi connectivity index (χ0v) is 13.3. The average molecular weight is 296 g/mol. The predicted octanol–water partition coefficient (Wildman–Crippen LogP) is 1.97. The van der Waals surface area contributed by atoms with Crippen molar-refractivity contribution < 1.29 is 14.3 Å². The molecule has 0 unspecified atom stereocenters. The number of likely N-dealkylation sites (tertiary alicyclic amines) is 1. The molecule has 0 N–H and O–H groups in total. The van der Waals surface area contributed by atoms with Crippen LogP contribution in [0.15, 0.2) is 0 Å². The van der Waals surface area contributed by atoms with Gasteiger partial charge in [-0.15, -0.1) is 0 Å². The van der Waals surface area contributed by atoms with E-state index in [1.807, 2.05) is 4.90 Å². The maximum atomic E-state index is 11.9. The molecule has 0 aromatic rings. The van der Waals surface area contributed by atoms with Gasteiger partial charge in [-0.1, -0.05) is 0 Å². The van der Waals surface area contributed by atoms with Gasteiger partial charge in [-0.2, -0.15) is 0 Å². The van der Waals surface area contributed by atoms with E-state index in [0.717, 1.165) is 58.1 Å². The molecule has 3 fully saturated rings. The molecule has 5 heteroatoms. The second kappa shape index (κ2) is 6.13. The van der Waals surface area contributed by atoms with Gasteiger partial charge in [0, 0.05) is 33.9 Å². The number of amides is 2. The molecule has 2 heterocycles. The molecule has 1 saturated carbocycles. The van der Waals surface area contributed by atoms with E-state index in [1.165, 1.54) is 12.8 Å². The van der Waals surface area contributed by atoms with Crippen molar-refractivity contribution in [3.63, 3.8) is 0 Å². The normalized spacial score (nSPS) is 27.5. The first-order valence-electron chi connectivity index (χ1n) is 8.26. The topological polar surface area (TPSA) is 42.0 Å². The molecule has 0 aromatic heterocycles. The standard InChI is InChI=1S/C16H28N2O3/c1-17(2)15(19)18-11-16(12-18)9-13(6-8-21-16)5-7-20-10-14-3-4-14/h13-14H,3-12H2,1-2H3/t13-/m0/s1. The van der Waals surface area contributed by atoms with Gasteiger partial charge in [-0.05, 0) is 43.9 Å². The largest absolute Gasteiger partial charge is 0.381 e. The third kappa shape index (κ3) is 3.69. The Labute approximate surface area is 127 Å². The Bertz CT molecular complexity index is 376. The van der Waals surface area contributed by atoms with Gasteiger partial charge in [0.1, 0.15) is 5.60 Å². The zero-order chi connectivity index (χ0) is 14.9. The monoisotopic (exact) mass is 296 g/mol. The highest BCUT2D eigenvalue weighted by molar-refractivity contribution is 5.75. The lowest BCUT2D eigenvalue weighted by molar-refractivity contribution is -0.167. The molecule has 0 radical (unpaired) electrons. The summed E-state index contributed by atoms with van der Waals surface area (Å²) in [4.78, 5) is 15.4. The van der Waals surface area contributed by atoms with Crippen LogP contribution in [0.2, 0.25) is 0 Å². The molecular formula is C16H28N2O3. The summed E-state index contributed by atoms with van der Waals surface area (Å²) in [6.07, 6.45) is 6.07. The Hall–Kier alpha value is -0.810. The van der Waals surface area contributed by atoms with Gasteiger partial charge in [0.25, 0.3) is 0 Å². The van der Waals surface area contributed by atoms with Crippen molar-refractivity contribution in [3.8, 4) is 0 Å². The molecule has 3 aliphatic rings. The van der Waals surface area contributed by atoms with Crippen molar-refractivity contribution in [2.24, 2.45) is 11.8 Å². The lowest BCUT2D eigenvalue weighted by Crippen LogP contribution is -2.67. The summed E-state index contributed by atoms with van der Waals surface area (Å²) in [7, 11) is 3.60. The third-order valence-electron chi connectivity index (χ3n) is 4.93. The fourth-order valence-electron chi connectivity index (χ4n) is 3.45. The smallest absolute Gasteiger partial charge is 0.319 e. The van der Waals surface area contributed by atoms with Crippen molar-refractivity contribution in [2.75, 3.05) is 47.0 Å². The fraction of sp³-hybridized carbons (Fsp3) is 0.938. The van der Waals surface area contributed by atoms with Crippen molar-refractivity contribution in [1.82, 2.24) is 9.80 Å². The van der Waals surface area contributed by atoms with Gasteiger partial charge in [-0.25, -0.2) is 4.79 Å². The predicted molar refractivity (Wildman–Crippen MR) is 80.2 cm³/mol. The Morgan fingerprint density at radius 2 is 2.05 bits per heavy atom. The van der Waals surface area contributed by atoms with Crippen LogP contribution in [0, 0.1) is 11.8 Å². The van der Waals surface area contributed by atoms with Crippen LogP contribution < -0.4 is 0 Å². The molecule has 2 saturated heterocycles. The number of ether oxygens (including phenoxy) is 2. The van der Waals surface area contributed by atoms with E-state index in [0.29, 0.717) is 5.92 Å². The summed E-state index contributed by atoms with van der Waals surface area (Å²) in [6.45, 7) is 4.18. The van der Waals surface area contributed by atoms with Crippen LogP contribution >= 0.6 is 0 Å². The van der Waals surface area contributed by atoms with Gasteiger partial charge in [-0.3, -0.25) is 0 Å². The summed E-state index contributed by atoms with van der Waals surface area (Å²) < 4.78 is 11.8. The van der Waals surface area contributed by atoms with Gasteiger partial charge < -0.3 is 19.3 Å². The van der Waals surface area contributed by atoms with Crippen molar-refractivity contribution >= 4 is 6.03 Å². The number of urea groups is 1. The second-order valence-corrected chi connectivity index (χ2v) is 7.23. The summed E-state index contributed by atoms with van der Waals surface area (Å²) in [6, 6.07) is 0.0964. The van der Waals surface area contributed by atoms with Gasteiger partial charge >= 0.3 is 6.03 Å². The highest BCUT2D eigenvalue weighted by atomic mass is 16.5. The first-order chi connectivity index (χ1) is 10.1. The number of rotatable bonds is 5. The van der Waals surface area contributed by atoms with E-state index >= 15 is 0 Å². The average Bonchev–Trinajstić information content (AvgIpc) is 3.24. The van der Waals surface area contributed by atoms with E-state index < -0.39 is 0 Å². The molecule has 0 aromatic carbocycles. The SMILES string of the molecule is CN(C)C(=O)N1CC2(C[C@@H](CCOCC3CC3)CCO2)C1. The highest BCUT2D eigenvalue weighted by Crippen LogP contribution is 2.38.